The van der Waals surface area contributed by atoms with Crippen LogP contribution in [0.15, 0.2) is 52.8 Å². The Morgan fingerprint density at radius 3 is 2.47 bits per heavy atom. The Balaban J connectivity index is 2.12. The van der Waals surface area contributed by atoms with E-state index in [4.69, 9.17) is 22.1 Å². The van der Waals surface area contributed by atoms with Crippen LogP contribution in [0, 0.1) is 23.0 Å². The Kier molecular flexibility index (Phi) is 6.60. The van der Waals surface area contributed by atoms with E-state index in [1.165, 1.54) is 36.4 Å². The molecule has 6 nitrogen and oxygen atoms in total. The molecule has 0 amide bonds. The van der Waals surface area contributed by atoms with Crippen molar-refractivity contribution in [1.82, 2.24) is 4.57 Å². The summed E-state index contributed by atoms with van der Waals surface area (Å²) >= 11 is 7.21. The highest BCUT2D eigenvalue weighted by atomic mass is 35.5. The number of nitrogens with zero attached hydrogens (tertiary/aromatic N) is 2. The average molecular weight is 528 g/mol. The third kappa shape index (κ3) is 4.45. The second-order valence-corrected chi connectivity index (χ2v) is 10.4. The van der Waals surface area contributed by atoms with Crippen LogP contribution in [0.3, 0.4) is 0 Å². The van der Waals surface area contributed by atoms with Gasteiger partial charge in [-0.15, -0.1) is 11.3 Å². The maximum atomic E-state index is 15.1. The van der Waals surface area contributed by atoms with Crippen LogP contribution in [0.5, 0.6) is 0 Å². The van der Waals surface area contributed by atoms with Crippen LogP contribution >= 0.6 is 22.9 Å². The fraction of sp³-hybridized carbons (Fsp3) is 0.192. The van der Waals surface area contributed by atoms with Gasteiger partial charge in [0.15, 0.2) is 0 Å². The molecule has 1 aliphatic heterocycles. The number of ether oxygens (including phenoxy) is 1. The monoisotopic (exact) mass is 527 g/mol. The third-order valence-electron chi connectivity index (χ3n) is 5.37. The van der Waals surface area contributed by atoms with Crippen molar-refractivity contribution in [1.29, 1.82) is 5.26 Å². The van der Waals surface area contributed by atoms with E-state index >= 15 is 4.39 Å². The highest BCUT2D eigenvalue weighted by molar-refractivity contribution is 7.07. The minimum atomic E-state index is -1.34. The molecule has 36 heavy (non-hydrogen) atoms. The van der Waals surface area contributed by atoms with Gasteiger partial charge in [-0.25, -0.2) is 13.6 Å². The number of nitrogens with two attached hydrogens (primary N) is 1. The summed E-state index contributed by atoms with van der Waals surface area (Å²) in [7, 11) is 0. The molecule has 3 aromatic rings. The number of rotatable bonds is 3. The molecular formula is C26H20ClF2N3O3S. The van der Waals surface area contributed by atoms with Crippen molar-refractivity contribution in [2.45, 2.75) is 32.3 Å². The zero-order valence-electron chi connectivity index (χ0n) is 19.4. The summed E-state index contributed by atoms with van der Waals surface area (Å²) in [4.78, 5) is 26.7. The number of hydrogen-bond donors (Lipinski definition) is 1. The lowest BCUT2D eigenvalue weighted by atomic mass is 9.83. The van der Waals surface area contributed by atoms with Gasteiger partial charge in [-0.05, 0) is 45.0 Å². The van der Waals surface area contributed by atoms with Gasteiger partial charge in [-0.2, -0.15) is 5.26 Å². The number of fused-ring (bicyclic) bond motifs is 1. The Hall–Kier alpha value is -3.74. The van der Waals surface area contributed by atoms with Gasteiger partial charge in [0.25, 0.3) is 5.56 Å². The van der Waals surface area contributed by atoms with Gasteiger partial charge in [0.05, 0.1) is 27.7 Å². The van der Waals surface area contributed by atoms with Crippen molar-refractivity contribution in [3.8, 4) is 6.07 Å². The molecule has 10 heteroatoms. The molecule has 0 aliphatic carbocycles. The van der Waals surface area contributed by atoms with E-state index in [1.54, 1.807) is 26.8 Å². The van der Waals surface area contributed by atoms with Crippen LogP contribution in [0.1, 0.15) is 37.8 Å². The first-order valence-electron chi connectivity index (χ1n) is 10.7. The van der Waals surface area contributed by atoms with Gasteiger partial charge in [-0.3, -0.25) is 9.36 Å². The van der Waals surface area contributed by atoms with Gasteiger partial charge in [0.2, 0.25) is 0 Å². The number of hydrogen-bond acceptors (Lipinski definition) is 6. The molecule has 0 bridgehead atoms. The SMILES string of the molecule is CC(C)(C)OC(=O)C1=C(N)n2c(sc(=Cc3ccccc3F)c2=O)=C(C#N)C1c1c(F)cccc1Cl. The van der Waals surface area contributed by atoms with Crippen molar-refractivity contribution in [3.63, 3.8) is 0 Å². The zero-order valence-corrected chi connectivity index (χ0v) is 21.0. The highest BCUT2D eigenvalue weighted by Gasteiger charge is 2.40. The number of halogens is 3. The van der Waals surface area contributed by atoms with Crippen molar-refractivity contribution < 1.29 is 18.3 Å². The summed E-state index contributed by atoms with van der Waals surface area (Å²) in [6.45, 7) is 4.90. The topological polar surface area (TPSA) is 98.1 Å². The quantitative estimate of drug-likeness (QED) is 0.525. The van der Waals surface area contributed by atoms with Gasteiger partial charge in [0, 0.05) is 16.1 Å². The van der Waals surface area contributed by atoms with Crippen molar-refractivity contribution in [2.24, 2.45) is 5.73 Å². The number of thiazole rings is 1. The van der Waals surface area contributed by atoms with Gasteiger partial charge in [0.1, 0.15) is 27.7 Å². The van der Waals surface area contributed by atoms with Gasteiger partial charge >= 0.3 is 5.97 Å². The van der Waals surface area contributed by atoms with Crippen molar-refractivity contribution in [2.75, 3.05) is 0 Å². The number of carbonyl (C=O) groups is 1. The standard InChI is InChI=1S/C26H20ClF2N3O3S/c1-26(2,3)35-25(34)21-19(20-15(27)8-6-10-17(20)29)14(12-30)24-32(22(21)31)23(33)18(36-24)11-13-7-4-5-9-16(13)28/h4-11,19H,31H2,1-3H3. The number of nitriles is 1. The number of aromatic nitrogens is 1. The fourth-order valence-electron chi connectivity index (χ4n) is 3.89. The lowest BCUT2D eigenvalue weighted by molar-refractivity contribution is -0.150. The zero-order chi connectivity index (χ0) is 26.4. The van der Waals surface area contributed by atoms with E-state index < -0.39 is 34.7 Å². The molecule has 2 heterocycles. The van der Waals surface area contributed by atoms with Crippen LogP contribution in [0.4, 0.5) is 8.78 Å². The van der Waals surface area contributed by atoms with Crippen LogP contribution < -0.4 is 20.5 Å². The molecule has 0 radical (unpaired) electrons. The maximum Gasteiger partial charge on any atom is 0.339 e. The molecule has 1 unspecified atom stereocenters. The van der Waals surface area contributed by atoms with E-state index in [0.717, 1.165) is 22.0 Å². The molecular weight excluding hydrogens is 508 g/mol. The molecule has 0 spiro atoms. The van der Waals surface area contributed by atoms with E-state index in [9.17, 15) is 19.2 Å². The smallest absolute Gasteiger partial charge is 0.339 e. The maximum absolute atomic E-state index is 15.1. The number of benzene rings is 2. The second kappa shape index (κ2) is 9.37. The lowest BCUT2D eigenvalue weighted by Gasteiger charge is -2.28. The van der Waals surface area contributed by atoms with E-state index in [-0.39, 0.29) is 42.3 Å². The molecule has 2 aromatic carbocycles. The van der Waals surface area contributed by atoms with Crippen LogP contribution in [0.2, 0.25) is 5.02 Å². The minimum absolute atomic E-state index is 0.0351. The molecule has 4 rings (SSSR count). The minimum Gasteiger partial charge on any atom is -0.456 e. The molecule has 2 N–H and O–H groups in total. The first-order chi connectivity index (χ1) is 16.9. The molecule has 1 atom stereocenters. The summed E-state index contributed by atoms with van der Waals surface area (Å²) in [5.74, 6) is -3.90. The largest absolute Gasteiger partial charge is 0.456 e. The third-order valence-corrected chi connectivity index (χ3v) is 6.81. The molecule has 0 fully saturated rings. The Morgan fingerprint density at radius 1 is 1.19 bits per heavy atom. The molecule has 0 saturated carbocycles. The van der Waals surface area contributed by atoms with Crippen molar-refractivity contribution in [3.05, 3.63) is 95.4 Å². The summed E-state index contributed by atoms with van der Waals surface area (Å²) in [5.41, 5.74) is 4.34. The van der Waals surface area contributed by atoms with Gasteiger partial charge in [-0.1, -0.05) is 35.9 Å². The Bertz CT molecular complexity index is 1640. The van der Waals surface area contributed by atoms with E-state index in [0.29, 0.717) is 0 Å². The highest BCUT2D eigenvalue weighted by Crippen LogP contribution is 2.41. The first kappa shape index (κ1) is 25.4. The summed E-state index contributed by atoms with van der Waals surface area (Å²) in [5, 5.41) is 10.1. The lowest BCUT2D eigenvalue weighted by Crippen LogP contribution is -2.41. The average Bonchev–Trinajstić information content (AvgIpc) is 3.10. The summed E-state index contributed by atoms with van der Waals surface area (Å²) < 4.78 is 36.0. The molecule has 1 aromatic heterocycles. The first-order valence-corrected chi connectivity index (χ1v) is 11.9. The van der Waals surface area contributed by atoms with E-state index in [1.807, 2.05) is 6.07 Å². The number of esters is 1. The predicted octanol–water partition coefficient (Wildman–Crippen LogP) is 3.61. The summed E-state index contributed by atoms with van der Waals surface area (Å²) in [6.07, 6.45) is 1.33. The van der Waals surface area contributed by atoms with Crippen LogP contribution in [-0.4, -0.2) is 16.1 Å². The second-order valence-electron chi connectivity index (χ2n) is 8.97. The molecule has 0 saturated heterocycles. The van der Waals surface area contributed by atoms with E-state index in [2.05, 4.69) is 0 Å². The molecule has 184 valence electrons. The Labute approximate surface area is 213 Å². The predicted molar refractivity (Wildman–Crippen MR) is 134 cm³/mol. The van der Waals surface area contributed by atoms with Gasteiger partial charge < -0.3 is 10.5 Å². The fourth-order valence-corrected chi connectivity index (χ4v) is 5.28. The van der Waals surface area contributed by atoms with Crippen molar-refractivity contribution >= 4 is 46.4 Å². The normalized spacial score (nSPS) is 16.1. The molecule has 1 aliphatic rings. The summed E-state index contributed by atoms with van der Waals surface area (Å²) in [6, 6.07) is 11.8. The van der Waals surface area contributed by atoms with Crippen LogP contribution in [-0.2, 0) is 9.53 Å². The van der Waals surface area contributed by atoms with Crippen LogP contribution in [0.25, 0.3) is 17.5 Å². The number of carbonyl (C=O) groups excluding carboxylic acids is 1. The Morgan fingerprint density at radius 2 is 1.86 bits per heavy atom.